The molecule has 0 bridgehead atoms. The molecular formula is C14H18ClFN2O2. The molecule has 0 unspecified atom stereocenters. The maximum absolute atomic E-state index is 13.2. The molecule has 0 atom stereocenters. The normalized spacial score (nSPS) is 16.1. The molecule has 1 aliphatic rings. The van der Waals surface area contributed by atoms with Gasteiger partial charge in [0.05, 0.1) is 17.3 Å². The predicted octanol–water partition coefficient (Wildman–Crippen LogP) is 3.51. The molecule has 1 fully saturated rings. The molecule has 1 heterocycles. The van der Waals surface area contributed by atoms with Crippen LogP contribution in [0.25, 0.3) is 0 Å². The van der Waals surface area contributed by atoms with Gasteiger partial charge in [-0.05, 0) is 38.0 Å². The highest BCUT2D eigenvalue weighted by molar-refractivity contribution is 6.33. The lowest BCUT2D eigenvalue weighted by atomic mass is 10.1. The number of amides is 1. The number of piperidine rings is 1. The lowest BCUT2D eigenvalue weighted by Crippen LogP contribution is -2.42. The van der Waals surface area contributed by atoms with E-state index < -0.39 is 0 Å². The highest BCUT2D eigenvalue weighted by Crippen LogP contribution is 2.25. The summed E-state index contributed by atoms with van der Waals surface area (Å²) in [6.07, 6.45) is 1.30. The van der Waals surface area contributed by atoms with E-state index in [9.17, 15) is 9.18 Å². The highest BCUT2D eigenvalue weighted by Gasteiger charge is 2.23. The number of rotatable bonds is 3. The van der Waals surface area contributed by atoms with Crippen molar-refractivity contribution in [3.63, 3.8) is 0 Å². The van der Waals surface area contributed by atoms with E-state index in [0.717, 1.165) is 12.8 Å². The second-order valence-corrected chi connectivity index (χ2v) is 5.14. The van der Waals surface area contributed by atoms with E-state index in [1.165, 1.54) is 18.2 Å². The van der Waals surface area contributed by atoms with E-state index >= 15 is 0 Å². The number of carbonyl (C=O) groups excluding carboxylic acids is 1. The van der Waals surface area contributed by atoms with Crippen molar-refractivity contribution in [2.75, 3.05) is 25.0 Å². The molecule has 6 heteroatoms. The van der Waals surface area contributed by atoms with Gasteiger partial charge in [-0.2, -0.15) is 0 Å². The smallest absolute Gasteiger partial charge is 0.409 e. The Labute approximate surface area is 122 Å². The van der Waals surface area contributed by atoms with Crippen molar-refractivity contribution in [3.05, 3.63) is 29.0 Å². The molecule has 1 aromatic carbocycles. The molecule has 1 aromatic rings. The van der Waals surface area contributed by atoms with Gasteiger partial charge in [-0.3, -0.25) is 0 Å². The summed E-state index contributed by atoms with van der Waals surface area (Å²) in [5.74, 6) is -0.319. The zero-order valence-electron chi connectivity index (χ0n) is 11.4. The van der Waals surface area contributed by atoms with Gasteiger partial charge in [0, 0.05) is 19.1 Å². The van der Waals surface area contributed by atoms with Crippen LogP contribution < -0.4 is 5.32 Å². The summed E-state index contributed by atoms with van der Waals surface area (Å²) < 4.78 is 18.2. The van der Waals surface area contributed by atoms with Gasteiger partial charge in [0.25, 0.3) is 0 Å². The Balaban J connectivity index is 1.88. The Morgan fingerprint density at radius 2 is 2.20 bits per heavy atom. The Kier molecular flexibility index (Phi) is 5.06. The van der Waals surface area contributed by atoms with Crippen molar-refractivity contribution in [1.82, 2.24) is 4.90 Å². The Bertz CT molecular complexity index is 476. The number of halogens is 2. The quantitative estimate of drug-likeness (QED) is 0.929. The number of likely N-dealkylation sites (tertiary alicyclic amines) is 1. The van der Waals surface area contributed by atoms with Gasteiger partial charge in [0.1, 0.15) is 5.82 Å². The van der Waals surface area contributed by atoms with E-state index in [2.05, 4.69) is 5.32 Å². The average molecular weight is 301 g/mol. The van der Waals surface area contributed by atoms with Crippen LogP contribution in [0, 0.1) is 5.82 Å². The molecule has 0 aliphatic carbocycles. The Hall–Kier alpha value is -1.49. The van der Waals surface area contributed by atoms with Crippen LogP contribution in [0.3, 0.4) is 0 Å². The average Bonchev–Trinajstić information content (AvgIpc) is 2.44. The molecule has 1 amide bonds. The lowest BCUT2D eigenvalue weighted by molar-refractivity contribution is 0.0983. The fourth-order valence-corrected chi connectivity index (χ4v) is 2.42. The summed E-state index contributed by atoms with van der Waals surface area (Å²) in [6.45, 7) is 3.43. The second kappa shape index (κ2) is 6.79. The maximum Gasteiger partial charge on any atom is 0.409 e. The van der Waals surface area contributed by atoms with Crippen LogP contribution in [-0.2, 0) is 4.74 Å². The highest BCUT2D eigenvalue weighted by atomic mass is 35.5. The van der Waals surface area contributed by atoms with Crippen molar-refractivity contribution in [3.8, 4) is 0 Å². The number of ether oxygens (including phenoxy) is 1. The minimum atomic E-state index is -0.319. The van der Waals surface area contributed by atoms with Gasteiger partial charge in [-0.25, -0.2) is 9.18 Å². The monoisotopic (exact) mass is 300 g/mol. The zero-order chi connectivity index (χ0) is 14.5. The second-order valence-electron chi connectivity index (χ2n) is 4.73. The van der Waals surface area contributed by atoms with E-state index in [-0.39, 0.29) is 18.0 Å². The summed E-state index contributed by atoms with van der Waals surface area (Å²) >= 11 is 6.02. The molecule has 20 heavy (non-hydrogen) atoms. The molecule has 4 nitrogen and oxygen atoms in total. The number of nitrogens with zero attached hydrogens (tertiary/aromatic N) is 1. The van der Waals surface area contributed by atoms with Crippen LogP contribution in [0.15, 0.2) is 18.2 Å². The van der Waals surface area contributed by atoms with Crippen molar-refractivity contribution in [2.45, 2.75) is 25.8 Å². The third-order valence-electron chi connectivity index (χ3n) is 3.31. The van der Waals surface area contributed by atoms with Crippen LogP contribution in [0.5, 0.6) is 0 Å². The molecule has 110 valence electrons. The number of hydrogen-bond donors (Lipinski definition) is 1. The van der Waals surface area contributed by atoms with E-state index in [1.807, 2.05) is 0 Å². The fraction of sp³-hybridized carbons (Fsp3) is 0.500. The number of nitrogens with one attached hydrogen (secondary N) is 1. The van der Waals surface area contributed by atoms with Crippen molar-refractivity contribution in [2.24, 2.45) is 0 Å². The number of carbonyl (C=O) groups is 1. The summed E-state index contributed by atoms with van der Waals surface area (Å²) in [5.41, 5.74) is 0.598. The van der Waals surface area contributed by atoms with Crippen molar-refractivity contribution < 1.29 is 13.9 Å². The Morgan fingerprint density at radius 3 is 2.85 bits per heavy atom. The minimum absolute atomic E-state index is 0.181. The van der Waals surface area contributed by atoms with Crippen molar-refractivity contribution >= 4 is 23.4 Å². The molecular weight excluding hydrogens is 283 g/mol. The first-order valence-electron chi connectivity index (χ1n) is 6.73. The molecule has 0 radical (unpaired) electrons. The maximum atomic E-state index is 13.2. The van der Waals surface area contributed by atoms with Gasteiger partial charge < -0.3 is 15.0 Å². The molecule has 1 saturated heterocycles. The topological polar surface area (TPSA) is 41.6 Å². The summed E-state index contributed by atoms with van der Waals surface area (Å²) in [5, 5.41) is 3.73. The predicted molar refractivity (Wildman–Crippen MR) is 76.6 cm³/mol. The standard InChI is InChI=1S/C14H18ClFN2O2/c1-2-20-14(19)18-7-5-11(6-8-18)17-13-9-10(16)3-4-12(13)15/h3-4,9,11,17H,2,5-8H2,1H3. The van der Waals surface area contributed by atoms with Crippen molar-refractivity contribution in [1.29, 1.82) is 0 Å². The Morgan fingerprint density at radius 1 is 1.50 bits per heavy atom. The van der Waals surface area contributed by atoms with E-state index in [1.54, 1.807) is 11.8 Å². The van der Waals surface area contributed by atoms with Gasteiger partial charge in [0.15, 0.2) is 0 Å². The first-order chi connectivity index (χ1) is 9.60. The molecule has 1 aliphatic heterocycles. The number of anilines is 1. The molecule has 0 saturated carbocycles. The first kappa shape index (κ1) is 14.9. The van der Waals surface area contributed by atoms with Gasteiger partial charge in [-0.15, -0.1) is 0 Å². The fourth-order valence-electron chi connectivity index (χ4n) is 2.25. The minimum Gasteiger partial charge on any atom is -0.450 e. The summed E-state index contributed by atoms with van der Waals surface area (Å²) in [4.78, 5) is 13.3. The lowest BCUT2D eigenvalue weighted by Gasteiger charge is -2.32. The molecule has 1 N–H and O–H groups in total. The van der Waals surface area contributed by atoms with Gasteiger partial charge in [0.2, 0.25) is 0 Å². The third-order valence-corrected chi connectivity index (χ3v) is 3.64. The van der Waals surface area contributed by atoms with E-state index in [0.29, 0.717) is 30.4 Å². The van der Waals surface area contributed by atoms with E-state index in [4.69, 9.17) is 16.3 Å². The first-order valence-corrected chi connectivity index (χ1v) is 7.11. The molecule has 0 spiro atoms. The van der Waals surface area contributed by atoms with Crippen LogP contribution >= 0.6 is 11.6 Å². The van der Waals surface area contributed by atoms with Crippen LogP contribution in [0.2, 0.25) is 5.02 Å². The zero-order valence-corrected chi connectivity index (χ0v) is 12.1. The van der Waals surface area contributed by atoms with Crippen LogP contribution in [0.4, 0.5) is 14.9 Å². The summed E-state index contributed by atoms with van der Waals surface area (Å²) in [6, 6.07) is 4.43. The largest absolute Gasteiger partial charge is 0.450 e. The summed E-state index contributed by atoms with van der Waals surface area (Å²) in [7, 11) is 0. The van der Waals surface area contributed by atoms with Gasteiger partial charge in [-0.1, -0.05) is 11.6 Å². The molecule has 0 aromatic heterocycles. The number of hydrogen-bond acceptors (Lipinski definition) is 3. The SMILES string of the molecule is CCOC(=O)N1CCC(Nc2cc(F)ccc2Cl)CC1. The van der Waals surface area contributed by atoms with Gasteiger partial charge >= 0.3 is 6.09 Å². The molecule has 2 rings (SSSR count). The van der Waals surface area contributed by atoms with Crippen LogP contribution in [-0.4, -0.2) is 36.7 Å². The third kappa shape index (κ3) is 3.76. The van der Waals surface area contributed by atoms with Crippen LogP contribution in [0.1, 0.15) is 19.8 Å². The number of benzene rings is 1.